The van der Waals surface area contributed by atoms with E-state index in [0.717, 1.165) is 32.7 Å². The van der Waals surface area contributed by atoms with Crippen LogP contribution in [-0.4, -0.2) is 34.5 Å². The number of aliphatic hydroxyl groups is 1. The number of hydrogen-bond donors (Lipinski definition) is 1. The maximum absolute atomic E-state index is 13.9. The topological polar surface area (TPSA) is 98.2 Å². The van der Waals surface area contributed by atoms with Crippen molar-refractivity contribution in [3.05, 3.63) is 118 Å². The fourth-order valence-corrected chi connectivity index (χ4v) is 7.10. The van der Waals surface area contributed by atoms with Crippen molar-refractivity contribution in [3.8, 4) is 17.2 Å². The molecule has 0 radical (unpaired) electrons. The highest BCUT2D eigenvalue weighted by molar-refractivity contribution is 7.22. The van der Waals surface area contributed by atoms with Crippen LogP contribution in [0.25, 0.3) is 16.0 Å². The number of ether oxygens (including phenoxy) is 3. The second kappa shape index (κ2) is 12.0. The lowest BCUT2D eigenvalue weighted by Crippen LogP contribution is -2.29. The van der Waals surface area contributed by atoms with Gasteiger partial charge in [0.25, 0.3) is 5.78 Å². The summed E-state index contributed by atoms with van der Waals surface area (Å²) in [6.07, 6.45) is 0.696. The van der Waals surface area contributed by atoms with E-state index >= 15 is 0 Å². The lowest BCUT2D eigenvalue weighted by molar-refractivity contribution is -0.132. The molecule has 1 saturated heterocycles. The Morgan fingerprint density at radius 2 is 1.83 bits per heavy atom. The largest absolute Gasteiger partial charge is 0.507 e. The van der Waals surface area contributed by atoms with Crippen LogP contribution in [0.2, 0.25) is 0 Å². The van der Waals surface area contributed by atoms with Gasteiger partial charge in [0.05, 0.1) is 28.4 Å². The number of carbonyl (C=O) groups excluding carboxylic acids is 2. The minimum absolute atomic E-state index is 0.0141. The van der Waals surface area contributed by atoms with Crippen molar-refractivity contribution in [2.45, 2.75) is 45.9 Å². The number of aryl methyl sites for hydroxylation is 1. The van der Waals surface area contributed by atoms with Crippen LogP contribution in [0.1, 0.15) is 47.7 Å². The molecule has 0 aliphatic carbocycles. The van der Waals surface area contributed by atoms with Gasteiger partial charge in [-0.3, -0.25) is 14.5 Å². The van der Waals surface area contributed by atoms with Gasteiger partial charge in [-0.15, -0.1) is 0 Å². The number of carbonyl (C=O) groups is 2. The van der Waals surface area contributed by atoms with Gasteiger partial charge in [0.1, 0.15) is 24.2 Å². The number of nitrogens with zero attached hydrogens (tertiary/aromatic N) is 2. The number of thiazole rings is 1. The molecule has 232 valence electrons. The SMILES string of the molecule is CCOc1cc([C@@H]2C(=C(O)c3ccc4c(c3)C[C@H](C)O4)C(=O)C(=O)N2c2nc3ccc(C)cc3s2)ccc1OCc1ccccc1. The van der Waals surface area contributed by atoms with Crippen LogP contribution in [0.3, 0.4) is 0 Å². The molecule has 1 fully saturated rings. The molecule has 7 rings (SSSR count). The summed E-state index contributed by atoms with van der Waals surface area (Å²) >= 11 is 1.33. The third kappa shape index (κ3) is 5.37. The Morgan fingerprint density at radius 1 is 1.00 bits per heavy atom. The molecule has 1 amide bonds. The zero-order valence-corrected chi connectivity index (χ0v) is 26.5. The van der Waals surface area contributed by atoms with Gasteiger partial charge in [-0.05, 0) is 85.5 Å². The zero-order valence-electron chi connectivity index (χ0n) is 25.7. The van der Waals surface area contributed by atoms with Gasteiger partial charge < -0.3 is 19.3 Å². The number of amides is 1. The summed E-state index contributed by atoms with van der Waals surface area (Å²) in [5.41, 5.74) is 4.71. The highest BCUT2D eigenvalue weighted by atomic mass is 32.1. The van der Waals surface area contributed by atoms with E-state index in [4.69, 9.17) is 19.2 Å². The average molecular weight is 633 g/mol. The van der Waals surface area contributed by atoms with Crippen molar-refractivity contribution in [2.24, 2.45) is 0 Å². The molecule has 0 spiro atoms. The van der Waals surface area contributed by atoms with Crippen LogP contribution in [0.5, 0.6) is 17.2 Å². The first-order valence-corrected chi connectivity index (χ1v) is 16.0. The van der Waals surface area contributed by atoms with E-state index in [2.05, 4.69) is 0 Å². The smallest absolute Gasteiger partial charge is 0.301 e. The van der Waals surface area contributed by atoms with Crippen LogP contribution >= 0.6 is 11.3 Å². The van der Waals surface area contributed by atoms with Crippen molar-refractivity contribution < 1.29 is 28.9 Å². The van der Waals surface area contributed by atoms with Gasteiger partial charge in [0.15, 0.2) is 16.6 Å². The summed E-state index contributed by atoms with van der Waals surface area (Å²) in [4.78, 5) is 33.9. The zero-order chi connectivity index (χ0) is 31.9. The number of rotatable bonds is 8. The van der Waals surface area contributed by atoms with Crippen molar-refractivity contribution in [2.75, 3.05) is 11.5 Å². The fraction of sp³-hybridized carbons (Fsp3) is 0.216. The number of anilines is 1. The first-order valence-electron chi connectivity index (χ1n) is 15.2. The lowest BCUT2D eigenvalue weighted by atomic mass is 9.94. The molecular formula is C37H32N2O6S. The normalized spacial score (nSPS) is 18.5. The molecule has 5 aromatic rings. The summed E-state index contributed by atoms with van der Waals surface area (Å²) < 4.78 is 18.9. The number of aromatic nitrogens is 1. The minimum atomic E-state index is -0.965. The molecule has 0 bridgehead atoms. The molecule has 46 heavy (non-hydrogen) atoms. The van der Waals surface area contributed by atoms with E-state index in [1.54, 1.807) is 30.3 Å². The van der Waals surface area contributed by atoms with E-state index in [-0.39, 0.29) is 17.4 Å². The van der Waals surface area contributed by atoms with Crippen LogP contribution in [0.4, 0.5) is 5.13 Å². The van der Waals surface area contributed by atoms with E-state index in [1.807, 2.05) is 75.4 Å². The highest BCUT2D eigenvalue weighted by Gasteiger charge is 2.48. The Bertz CT molecular complexity index is 2020. The summed E-state index contributed by atoms with van der Waals surface area (Å²) in [5, 5.41) is 12.1. The van der Waals surface area contributed by atoms with Crippen LogP contribution in [-0.2, 0) is 22.6 Å². The van der Waals surface area contributed by atoms with Crippen molar-refractivity contribution >= 4 is 44.1 Å². The van der Waals surface area contributed by atoms with E-state index in [0.29, 0.717) is 47.4 Å². The van der Waals surface area contributed by atoms with Crippen LogP contribution < -0.4 is 19.1 Å². The summed E-state index contributed by atoms with van der Waals surface area (Å²) in [7, 11) is 0. The first kappa shape index (κ1) is 29.6. The predicted octanol–water partition coefficient (Wildman–Crippen LogP) is 7.53. The fourth-order valence-electron chi connectivity index (χ4n) is 6.01. The summed E-state index contributed by atoms with van der Waals surface area (Å²) in [6.45, 7) is 6.56. The molecule has 2 atom stereocenters. The van der Waals surface area contributed by atoms with E-state index in [9.17, 15) is 14.7 Å². The Labute approximate surface area is 270 Å². The standard InChI is InChI=1S/C37H32N2O6S/c1-4-43-30-19-24(11-15-29(30)44-20-23-8-6-5-7-9-23)33-32(34(40)25-12-14-28-26(18-25)17-22(3)45-28)35(41)36(42)39(33)37-38-27-13-10-21(2)16-31(27)46-37/h5-16,18-19,22,33,40H,4,17,20H2,1-3H3/t22-,33+/m0/s1. The number of fused-ring (bicyclic) bond motifs is 2. The third-order valence-corrected chi connectivity index (χ3v) is 9.19. The first-order chi connectivity index (χ1) is 22.3. The number of hydrogen-bond acceptors (Lipinski definition) is 8. The number of Topliss-reactive ketones (excluding diaryl/α,β-unsaturated/α-hetero) is 1. The Hall–Kier alpha value is -5.15. The third-order valence-electron chi connectivity index (χ3n) is 8.17. The summed E-state index contributed by atoms with van der Waals surface area (Å²) in [6, 6.07) is 25.4. The van der Waals surface area contributed by atoms with Crippen LogP contribution in [0.15, 0.2) is 90.5 Å². The molecule has 4 aromatic carbocycles. The van der Waals surface area contributed by atoms with Gasteiger partial charge in [-0.2, -0.15) is 0 Å². The molecule has 1 aromatic heterocycles. The Morgan fingerprint density at radius 3 is 2.63 bits per heavy atom. The maximum Gasteiger partial charge on any atom is 0.301 e. The second-order valence-electron chi connectivity index (χ2n) is 11.5. The van der Waals surface area contributed by atoms with Crippen LogP contribution in [0, 0.1) is 6.92 Å². The van der Waals surface area contributed by atoms with Gasteiger partial charge in [-0.1, -0.05) is 53.8 Å². The quantitative estimate of drug-likeness (QED) is 0.107. The van der Waals surface area contributed by atoms with E-state index in [1.165, 1.54) is 16.2 Å². The molecule has 3 heterocycles. The summed E-state index contributed by atoms with van der Waals surface area (Å²) in [5.74, 6) is -0.0706. The molecule has 0 saturated carbocycles. The molecular weight excluding hydrogens is 600 g/mol. The Kier molecular flexibility index (Phi) is 7.70. The molecule has 2 aliphatic rings. The second-order valence-corrected chi connectivity index (χ2v) is 12.5. The van der Waals surface area contributed by atoms with Gasteiger partial charge in [-0.25, -0.2) is 4.98 Å². The van der Waals surface area contributed by atoms with Crippen molar-refractivity contribution in [1.29, 1.82) is 0 Å². The van der Waals surface area contributed by atoms with Crippen molar-refractivity contribution in [1.82, 2.24) is 4.98 Å². The maximum atomic E-state index is 13.9. The highest BCUT2D eigenvalue weighted by Crippen LogP contribution is 2.46. The molecule has 9 heteroatoms. The van der Waals surface area contributed by atoms with E-state index < -0.39 is 17.7 Å². The number of aliphatic hydroxyl groups excluding tert-OH is 1. The number of ketones is 1. The lowest BCUT2D eigenvalue weighted by Gasteiger charge is -2.24. The van der Waals surface area contributed by atoms with Gasteiger partial charge in [0, 0.05) is 12.0 Å². The van der Waals surface area contributed by atoms with Crippen molar-refractivity contribution in [3.63, 3.8) is 0 Å². The number of benzene rings is 4. The Balaban J connectivity index is 1.36. The monoisotopic (exact) mass is 632 g/mol. The molecule has 2 aliphatic heterocycles. The molecule has 1 N–H and O–H groups in total. The predicted molar refractivity (Wildman–Crippen MR) is 178 cm³/mol. The molecule has 0 unspecified atom stereocenters. The van der Waals surface area contributed by atoms with Gasteiger partial charge in [0.2, 0.25) is 0 Å². The van der Waals surface area contributed by atoms with Gasteiger partial charge >= 0.3 is 5.91 Å². The molecule has 8 nitrogen and oxygen atoms in total. The minimum Gasteiger partial charge on any atom is -0.507 e. The average Bonchev–Trinajstić information content (AvgIpc) is 3.72.